The fraction of sp³-hybridized carbons (Fsp3) is 0.350. The third-order valence-corrected chi connectivity index (χ3v) is 4.92. The molecule has 3 aromatic rings. The van der Waals surface area contributed by atoms with Crippen molar-refractivity contribution in [2.45, 2.75) is 26.2 Å². The average Bonchev–Trinajstić information content (AvgIpc) is 3.31. The van der Waals surface area contributed by atoms with Gasteiger partial charge in [0.15, 0.2) is 11.6 Å². The number of hydrogen-bond donors (Lipinski definition) is 1. The van der Waals surface area contributed by atoms with Gasteiger partial charge in [-0.15, -0.1) is 5.10 Å². The normalized spacial score (nSPS) is 16.6. The van der Waals surface area contributed by atoms with Gasteiger partial charge in [-0.25, -0.2) is 14.6 Å². The molecule has 0 bridgehead atoms. The van der Waals surface area contributed by atoms with Crippen molar-refractivity contribution in [3.63, 3.8) is 0 Å². The molecule has 0 aromatic carbocycles. The summed E-state index contributed by atoms with van der Waals surface area (Å²) in [5.41, 5.74) is 0.195. The Bertz CT molecular complexity index is 1160. The number of nitriles is 1. The third-order valence-electron chi connectivity index (χ3n) is 4.92. The Morgan fingerprint density at radius 2 is 2.20 bits per heavy atom. The molecule has 0 aliphatic carbocycles. The minimum atomic E-state index is -3.10. The number of pyridine rings is 2. The third kappa shape index (κ3) is 3.66. The maximum absolute atomic E-state index is 13.8. The zero-order chi connectivity index (χ0) is 21.5. The maximum atomic E-state index is 13.8. The van der Waals surface area contributed by atoms with Crippen LogP contribution in [0.25, 0.3) is 16.7 Å². The second-order valence-electron chi connectivity index (χ2n) is 7.33. The molecule has 154 valence electrons. The molecule has 4 rings (SSSR count). The summed E-state index contributed by atoms with van der Waals surface area (Å²) < 4.78 is 29.1. The summed E-state index contributed by atoms with van der Waals surface area (Å²) in [6.07, 6.45) is 2.30. The Labute approximate surface area is 171 Å². The van der Waals surface area contributed by atoms with Crippen molar-refractivity contribution in [1.82, 2.24) is 19.7 Å². The molecule has 0 radical (unpaired) electrons. The van der Waals surface area contributed by atoms with Crippen LogP contribution < -0.4 is 10.2 Å². The van der Waals surface area contributed by atoms with Gasteiger partial charge in [0.1, 0.15) is 11.5 Å². The summed E-state index contributed by atoms with van der Waals surface area (Å²) in [5, 5.41) is 17.1. The number of nitrogens with zero attached hydrogens (tertiary/aromatic N) is 6. The SMILES string of the molecule is CC(=O)Nc1cc2c(cn1)c(N1CC[C@@H](C#N)C1)nn2-c1cccc(C(C)(F)F)n1. The van der Waals surface area contributed by atoms with Crippen molar-refractivity contribution in [1.29, 1.82) is 5.26 Å². The van der Waals surface area contributed by atoms with Gasteiger partial charge in [-0.2, -0.15) is 14.0 Å². The maximum Gasteiger partial charge on any atom is 0.287 e. The first-order chi connectivity index (χ1) is 14.3. The predicted octanol–water partition coefficient (Wildman–Crippen LogP) is 3.24. The standard InChI is InChI=1S/C20H19F2N7O/c1-12(30)25-17-8-15-14(10-24-17)19(28-7-6-13(9-23)11-28)27-29(15)18-5-3-4-16(26-18)20(2,21)22/h3-5,8,10,13H,6-7,11H2,1-2H3,(H,24,25,30)/t13-/m0/s1. The number of rotatable bonds is 4. The van der Waals surface area contributed by atoms with Crippen LogP contribution in [0.3, 0.4) is 0 Å². The molecule has 0 unspecified atom stereocenters. The summed E-state index contributed by atoms with van der Waals surface area (Å²) in [5.74, 6) is -2.34. The van der Waals surface area contributed by atoms with Crippen molar-refractivity contribution >= 4 is 28.4 Å². The molecule has 0 spiro atoms. The van der Waals surface area contributed by atoms with E-state index in [9.17, 15) is 18.8 Å². The van der Waals surface area contributed by atoms with Crippen molar-refractivity contribution in [2.75, 3.05) is 23.3 Å². The molecule has 1 N–H and O–H groups in total. The lowest BCUT2D eigenvalue weighted by Crippen LogP contribution is -2.20. The van der Waals surface area contributed by atoms with E-state index in [2.05, 4.69) is 26.5 Å². The van der Waals surface area contributed by atoms with Gasteiger partial charge in [0, 0.05) is 39.2 Å². The summed E-state index contributed by atoms with van der Waals surface area (Å²) >= 11 is 0. The van der Waals surface area contributed by atoms with Crippen molar-refractivity contribution < 1.29 is 13.6 Å². The highest BCUT2D eigenvalue weighted by molar-refractivity contribution is 5.95. The van der Waals surface area contributed by atoms with Gasteiger partial charge in [0.05, 0.1) is 22.9 Å². The van der Waals surface area contributed by atoms with Crippen LogP contribution in [0.15, 0.2) is 30.5 Å². The second-order valence-corrected chi connectivity index (χ2v) is 7.33. The lowest BCUT2D eigenvalue weighted by atomic mass is 10.1. The van der Waals surface area contributed by atoms with E-state index in [1.807, 2.05) is 4.90 Å². The molecule has 10 heteroatoms. The number of anilines is 2. The van der Waals surface area contributed by atoms with E-state index in [1.165, 1.54) is 23.7 Å². The van der Waals surface area contributed by atoms with E-state index >= 15 is 0 Å². The van der Waals surface area contributed by atoms with Gasteiger partial charge in [-0.1, -0.05) is 6.07 Å². The molecule has 30 heavy (non-hydrogen) atoms. The van der Waals surface area contributed by atoms with E-state index in [1.54, 1.807) is 18.3 Å². The van der Waals surface area contributed by atoms with Crippen LogP contribution in [0.1, 0.15) is 26.0 Å². The number of aromatic nitrogens is 4. The van der Waals surface area contributed by atoms with Gasteiger partial charge in [0.2, 0.25) is 5.91 Å². The van der Waals surface area contributed by atoms with Crippen LogP contribution in [0, 0.1) is 17.2 Å². The number of alkyl halides is 2. The quantitative estimate of drug-likeness (QED) is 0.708. The minimum absolute atomic E-state index is 0.1000. The van der Waals surface area contributed by atoms with Crippen molar-refractivity contribution in [3.05, 3.63) is 36.2 Å². The molecule has 0 saturated carbocycles. The van der Waals surface area contributed by atoms with E-state index in [4.69, 9.17) is 0 Å². The average molecular weight is 411 g/mol. The van der Waals surface area contributed by atoms with Crippen molar-refractivity contribution in [3.8, 4) is 11.9 Å². The van der Waals surface area contributed by atoms with Gasteiger partial charge in [-0.3, -0.25) is 4.79 Å². The van der Waals surface area contributed by atoms with Crippen LogP contribution in [-0.4, -0.2) is 38.7 Å². The zero-order valence-corrected chi connectivity index (χ0v) is 16.4. The molecule has 8 nitrogen and oxygen atoms in total. The Hall–Kier alpha value is -3.61. The number of carbonyl (C=O) groups excluding carboxylic acids is 1. The Morgan fingerprint density at radius 1 is 1.40 bits per heavy atom. The Kier molecular flexibility index (Phi) is 4.81. The van der Waals surface area contributed by atoms with Crippen LogP contribution in [0.2, 0.25) is 0 Å². The fourth-order valence-electron chi connectivity index (χ4n) is 3.50. The molecule has 1 aliphatic heterocycles. The van der Waals surface area contributed by atoms with Crippen LogP contribution in [0.5, 0.6) is 0 Å². The topological polar surface area (TPSA) is 99.7 Å². The van der Waals surface area contributed by atoms with Gasteiger partial charge in [-0.05, 0) is 18.6 Å². The first-order valence-electron chi connectivity index (χ1n) is 9.43. The molecule has 1 aliphatic rings. The zero-order valence-electron chi connectivity index (χ0n) is 16.4. The number of carbonyl (C=O) groups is 1. The fourth-order valence-corrected chi connectivity index (χ4v) is 3.50. The molecule has 3 aromatic heterocycles. The first-order valence-corrected chi connectivity index (χ1v) is 9.43. The molecule has 4 heterocycles. The van der Waals surface area contributed by atoms with Crippen LogP contribution in [-0.2, 0) is 10.7 Å². The molecular formula is C20H19F2N7O. The van der Waals surface area contributed by atoms with E-state index in [-0.39, 0.29) is 23.3 Å². The van der Waals surface area contributed by atoms with E-state index in [0.29, 0.717) is 35.6 Å². The number of halogens is 2. The molecular weight excluding hydrogens is 392 g/mol. The summed E-state index contributed by atoms with van der Waals surface area (Å²) in [7, 11) is 0. The number of nitrogens with one attached hydrogen (secondary N) is 1. The largest absolute Gasteiger partial charge is 0.353 e. The number of amides is 1. The summed E-state index contributed by atoms with van der Waals surface area (Å²) in [6.45, 7) is 3.33. The van der Waals surface area contributed by atoms with Gasteiger partial charge in [0.25, 0.3) is 5.92 Å². The second kappa shape index (κ2) is 7.33. The number of fused-ring (bicyclic) bond motifs is 1. The Balaban J connectivity index is 1.87. The lowest BCUT2D eigenvalue weighted by Gasteiger charge is -2.14. The minimum Gasteiger partial charge on any atom is -0.353 e. The molecule has 1 atom stereocenters. The highest BCUT2D eigenvalue weighted by Gasteiger charge is 2.29. The molecule has 1 saturated heterocycles. The first kappa shape index (κ1) is 19.7. The van der Waals surface area contributed by atoms with Gasteiger partial charge >= 0.3 is 0 Å². The predicted molar refractivity (Wildman–Crippen MR) is 106 cm³/mol. The summed E-state index contributed by atoms with van der Waals surface area (Å²) in [6, 6.07) is 8.25. The van der Waals surface area contributed by atoms with Crippen LogP contribution >= 0.6 is 0 Å². The van der Waals surface area contributed by atoms with E-state index < -0.39 is 5.92 Å². The van der Waals surface area contributed by atoms with Gasteiger partial charge < -0.3 is 10.2 Å². The van der Waals surface area contributed by atoms with E-state index in [0.717, 1.165) is 13.3 Å². The number of hydrogen-bond acceptors (Lipinski definition) is 6. The Morgan fingerprint density at radius 3 is 2.87 bits per heavy atom. The smallest absolute Gasteiger partial charge is 0.287 e. The monoisotopic (exact) mass is 411 g/mol. The van der Waals surface area contributed by atoms with Crippen molar-refractivity contribution in [2.24, 2.45) is 5.92 Å². The molecule has 1 fully saturated rings. The highest BCUT2D eigenvalue weighted by Crippen LogP contribution is 2.33. The lowest BCUT2D eigenvalue weighted by molar-refractivity contribution is -0.114. The summed E-state index contributed by atoms with van der Waals surface area (Å²) in [4.78, 5) is 21.8. The highest BCUT2D eigenvalue weighted by atomic mass is 19.3. The van der Waals surface area contributed by atoms with Crippen LogP contribution in [0.4, 0.5) is 20.4 Å². The molecule has 1 amide bonds.